The lowest BCUT2D eigenvalue weighted by molar-refractivity contribution is 0.197. The molecule has 3 nitrogen and oxygen atoms in total. The van der Waals surface area contributed by atoms with Crippen LogP contribution in [0.1, 0.15) is 50.3 Å². The molecule has 3 aliphatic rings. The predicted molar refractivity (Wildman–Crippen MR) is 79.5 cm³/mol. The van der Waals surface area contributed by atoms with Gasteiger partial charge in [-0.1, -0.05) is 6.42 Å². The fourth-order valence-corrected chi connectivity index (χ4v) is 4.70. The van der Waals surface area contributed by atoms with Gasteiger partial charge in [-0.15, -0.1) is 0 Å². The van der Waals surface area contributed by atoms with E-state index in [0.717, 1.165) is 30.2 Å². The highest BCUT2D eigenvalue weighted by molar-refractivity contribution is 5.07. The Morgan fingerprint density at radius 1 is 1.25 bits per heavy atom. The first kappa shape index (κ1) is 12.9. The van der Waals surface area contributed by atoms with E-state index in [0.29, 0.717) is 6.04 Å². The molecule has 1 aliphatic heterocycles. The van der Waals surface area contributed by atoms with Gasteiger partial charge < -0.3 is 9.73 Å². The molecule has 2 heterocycles. The minimum Gasteiger partial charge on any atom is -0.468 e. The summed E-state index contributed by atoms with van der Waals surface area (Å²) in [7, 11) is 0. The Morgan fingerprint density at radius 3 is 2.80 bits per heavy atom. The van der Waals surface area contributed by atoms with Crippen LogP contribution < -0.4 is 5.32 Å². The van der Waals surface area contributed by atoms with Crippen molar-refractivity contribution >= 4 is 0 Å². The molecule has 2 bridgehead atoms. The van der Waals surface area contributed by atoms with Gasteiger partial charge in [-0.2, -0.15) is 0 Å². The molecule has 0 aromatic carbocycles. The molecule has 0 spiro atoms. The van der Waals surface area contributed by atoms with E-state index in [1.54, 1.807) is 0 Å². The van der Waals surface area contributed by atoms with Crippen LogP contribution in [0.2, 0.25) is 0 Å². The van der Waals surface area contributed by atoms with Crippen LogP contribution >= 0.6 is 0 Å². The van der Waals surface area contributed by atoms with E-state index in [2.05, 4.69) is 16.3 Å². The molecule has 20 heavy (non-hydrogen) atoms. The average Bonchev–Trinajstić information content (AvgIpc) is 3.25. The molecule has 0 amide bonds. The first-order valence-electron chi connectivity index (χ1n) is 8.41. The van der Waals surface area contributed by atoms with Crippen LogP contribution in [0.3, 0.4) is 0 Å². The van der Waals surface area contributed by atoms with Gasteiger partial charge in [0.15, 0.2) is 0 Å². The second kappa shape index (κ2) is 5.53. The number of likely N-dealkylation sites (tertiary alicyclic amines) is 1. The van der Waals surface area contributed by atoms with E-state index in [1.807, 2.05) is 12.3 Å². The lowest BCUT2D eigenvalue weighted by Crippen LogP contribution is -2.40. The van der Waals surface area contributed by atoms with E-state index in [-0.39, 0.29) is 0 Å². The van der Waals surface area contributed by atoms with Crippen LogP contribution in [0.4, 0.5) is 0 Å². The molecule has 2 saturated carbocycles. The molecule has 1 saturated heterocycles. The van der Waals surface area contributed by atoms with E-state index in [9.17, 15) is 0 Å². The first-order valence-corrected chi connectivity index (χ1v) is 8.41. The van der Waals surface area contributed by atoms with Gasteiger partial charge in [0.05, 0.1) is 12.3 Å². The third-order valence-electron chi connectivity index (χ3n) is 5.76. The quantitative estimate of drug-likeness (QED) is 0.894. The molecule has 4 unspecified atom stereocenters. The normalized spacial score (nSPS) is 34.9. The lowest BCUT2D eigenvalue weighted by Gasteiger charge is -2.30. The van der Waals surface area contributed by atoms with Crippen molar-refractivity contribution in [3.05, 3.63) is 24.2 Å². The Bertz CT molecular complexity index is 424. The number of hydrogen-bond acceptors (Lipinski definition) is 3. The topological polar surface area (TPSA) is 28.4 Å². The molecule has 2 aliphatic carbocycles. The Balaban J connectivity index is 1.40. The standard InChI is InChI=1S/C17H26N2O/c1-2-8-19(7-1)16(17-4-3-9-20-17)12-18-15-11-13-5-6-14(15)10-13/h3-4,9,13-16,18H,1-2,5-8,10-12H2. The van der Waals surface area contributed by atoms with Gasteiger partial charge in [-0.05, 0) is 69.2 Å². The number of fused-ring (bicyclic) bond motifs is 2. The SMILES string of the molecule is c1coc(C(CNC2CC3CCC2C3)N2CCCC2)c1. The third-order valence-corrected chi connectivity index (χ3v) is 5.76. The fourth-order valence-electron chi connectivity index (χ4n) is 4.70. The Hall–Kier alpha value is -0.800. The van der Waals surface area contributed by atoms with E-state index in [4.69, 9.17) is 4.42 Å². The van der Waals surface area contributed by atoms with Crippen LogP contribution in [-0.2, 0) is 0 Å². The van der Waals surface area contributed by atoms with Crippen molar-refractivity contribution in [2.45, 2.75) is 50.6 Å². The van der Waals surface area contributed by atoms with E-state index < -0.39 is 0 Å². The van der Waals surface area contributed by atoms with Gasteiger partial charge in [0.1, 0.15) is 5.76 Å². The second-order valence-electron chi connectivity index (χ2n) is 6.96. The van der Waals surface area contributed by atoms with Gasteiger partial charge in [0.25, 0.3) is 0 Å². The van der Waals surface area contributed by atoms with Crippen LogP contribution in [0.5, 0.6) is 0 Å². The molecule has 3 heteroatoms. The summed E-state index contributed by atoms with van der Waals surface area (Å²) in [6.07, 6.45) is 10.3. The maximum atomic E-state index is 5.70. The van der Waals surface area contributed by atoms with E-state index in [1.165, 1.54) is 51.6 Å². The minimum absolute atomic E-state index is 0.437. The summed E-state index contributed by atoms with van der Waals surface area (Å²) in [5.41, 5.74) is 0. The van der Waals surface area contributed by atoms with Crippen molar-refractivity contribution in [3.8, 4) is 0 Å². The number of furan rings is 1. The summed E-state index contributed by atoms with van der Waals surface area (Å²) >= 11 is 0. The minimum atomic E-state index is 0.437. The van der Waals surface area contributed by atoms with Gasteiger partial charge in [0, 0.05) is 12.6 Å². The molecular weight excluding hydrogens is 248 g/mol. The van der Waals surface area contributed by atoms with Crippen LogP contribution in [-0.4, -0.2) is 30.6 Å². The molecule has 4 atom stereocenters. The lowest BCUT2D eigenvalue weighted by atomic mass is 9.95. The number of nitrogens with one attached hydrogen (secondary N) is 1. The van der Waals surface area contributed by atoms with Crippen molar-refractivity contribution in [1.82, 2.24) is 10.2 Å². The highest BCUT2D eigenvalue weighted by Crippen LogP contribution is 2.44. The van der Waals surface area contributed by atoms with Gasteiger partial charge >= 0.3 is 0 Å². The molecule has 1 N–H and O–H groups in total. The smallest absolute Gasteiger partial charge is 0.122 e. The molecule has 3 fully saturated rings. The largest absolute Gasteiger partial charge is 0.468 e. The fraction of sp³-hybridized carbons (Fsp3) is 0.765. The Morgan fingerprint density at radius 2 is 2.15 bits per heavy atom. The summed E-state index contributed by atoms with van der Waals surface area (Å²) in [5.74, 6) is 3.12. The summed E-state index contributed by atoms with van der Waals surface area (Å²) < 4.78 is 5.70. The summed E-state index contributed by atoms with van der Waals surface area (Å²) in [6, 6.07) is 5.38. The number of rotatable bonds is 5. The van der Waals surface area contributed by atoms with Gasteiger partial charge in [-0.3, -0.25) is 4.90 Å². The van der Waals surface area contributed by atoms with Gasteiger partial charge in [-0.25, -0.2) is 0 Å². The Labute approximate surface area is 121 Å². The van der Waals surface area contributed by atoms with Crippen molar-refractivity contribution in [3.63, 3.8) is 0 Å². The number of hydrogen-bond donors (Lipinski definition) is 1. The van der Waals surface area contributed by atoms with E-state index >= 15 is 0 Å². The van der Waals surface area contributed by atoms with Crippen LogP contribution in [0.15, 0.2) is 22.8 Å². The van der Waals surface area contributed by atoms with Crippen LogP contribution in [0.25, 0.3) is 0 Å². The zero-order chi connectivity index (χ0) is 13.4. The molecule has 110 valence electrons. The zero-order valence-corrected chi connectivity index (χ0v) is 12.3. The van der Waals surface area contributed by atoms with Gasteiger partial charge in [0.2, 0.25) is 0 Å². The van der Waals surface area contributed by atoms with Crippen molar-refractivity contribution in [2.24, 2.45) is 11.8 Å². The number of nitrogens with zero attached hydrogens (tertiary/aromatic N) is 1. The van der Waals surface area contributed by atoms with Crippen molar-refractivity contribution in [2.75, 3.05) is 19.6 Å². The van der Waals surface area contributed by atoms with Crippen molar-refractivity contribution < 1.29 is 4.42 Å². The highest BCUT2D eigenvalue weighted by Gasteiger charge is 2.39. The highest BCUT2D eigenvalue weighted by atomic mass is 16.3. The molecular formula is C17H26N2O. The molecule has 0 radical (unpaired) electrons. The summed E-state index contributed by atoms with van der Waals surface area (Å²) in [5, 5.41) is 3.88. The summed E-state index contributed by atoms with van der Waals surface area (Å²) in [4.78, 5) is 2.60. The first-order chi connectivity index (χ1) is 9.90. The average molecular weight is 274 g/mol. The third kappa shape index (κ3) is 2.42. The molecule has 1 aromatic rings. The molecule has 4 rings (SSSR count). The second-order valence-corrected chi connectivity index (χ2v) is 6.96. The maximum Gasteiger partial charge on any atom is 0.122 e. The zero-order valence-electron chi connectivity index (χ0n) is 12.3. The monoisotopic (exact) mass is 274 g/mol. The molecule has 1 aromatic heterocycles. The van der Waals surface area contributed by atoms with Crippen molar-refractivity contribution in [1.29, 1.82) is 0 Å². The predicted octanol–water partition coefficient (Wildman–Crippen LogP) is 3.19. The summed E-state index contributed by atoms with van der Waals surface area (Å²) in [6.45, 7) is 3.51. The maximum absolute atomic E-state index is 5.70. The van der Waals surface area contributed by atoms with Crippen LogP contribution in [0, 0.1) is 11.8 Å². The Kier molecular flexibility index (Phi) is 3.57.